The second kappa shape index (κ2) is 5.18. The van der Waals surface area contributed by atoms with Gasteiger partial charge in [0.2, 0.25) is 5.28 Å². The quantitative estimate of drug-likeness (QED) is 0.801. The molecule has 0 aliphatic heterocycles. The lowest BCUT2D eigenvalue weighted by molar-refractivity contribution is 0.415. The first-order valence-electron chi connectivity index (χ1n) is 5.17. The van der Waals surface area contributed by atoms with Crippen molar-refractivity contribution in [3.8, 4) is 5.75 Å². The van der Waals surface area contributed by atoms with Crippen LogP contribution in [0.2, 0.25) is 5.28 Å². The number of ether oxygens (including phenoxy) is 1. The molecule has 6 heteroatoms. The summed E-state index contributed by atoms with van der Waals surface area (Å²) in [6, 6.07) is 7.17. The summed E-state index contributed by atoms with van der Waals surface area (Å²) in [6.45, 7) is 0. The molecule has 18 heavy (non-hydrogen) atoms. The van der Waals surface area contributed by atoms with Crippen molar-refractivity contribution < 1.29 is 9.13 Å². The first-order valence-corrected chi connectivity index (χ1v) is 5.55. The van der Waals surface area contributed by atoms with Crippen LogP contribution in [0.5, 0.6) is 5.75 Å². The molecule has 0 unspecified atom stereocenters. The van der Waals surface area contributed by atoms with Gasteiger partial charge in [0.05, 0.1) is 13.3 Å². The molecule has 0 saturated heterocycles. The zero-order chi connectivity index (χ0) is 13.1. The zero-order valence-electron chi connectivity index (χ0n) is 9.89. The molecule has 4 nitrogen and oxygen atoms in total. The van der Waals surface area contributed by atoms with Crippen molar-refractivity contribution >= 4 is 23.1 Å². The number of rotatable bonds is 3. The second-order valence-corrected chi connectivity index (χ2v) is 3.91. The average Bonchev–Trinajstić information content (AvgIpc) is 2.41. The van der Waals surface area contributed by atoms with Crippen LogP contribution in [0.4, 0.5) is 15.9 Å². The van der Waals surface area contributed by atoms with Crippen molar-refractivity contribution in [1.82, 2.24) is 9.97 Å². The van der Waals surface area contributed by atoms with Gasteiger partial charge in [-0.2, -0.15) is 4.98 Å². The van der Waals surface area contributed by atoms with Crippen LogP contribution in [0.3, 0.4) is 0 Å². The van der Waals surface area contributed by atoms with Gasteiger partial charge < -0.3 is 9.64 Å². The van der Waals surface area contributed by atoms with Crippen molar-refractivity contribution in [2.75, 3.05) is 19.1 Å². The molecular weight excluding hydrogens is 257 g/mol. The number of halogens is 2. The molecular formula is C12H11ClFN3O. The van der Waals surface area contributed by atoms with E-state index in [9.17, 15) is 4.39 Å². The summed E-state index contributed by atoms with van der Waals surface area (Å²) in [4.78, 5) is 9.03. The summed E-state index contributed by atoms with van der Waals surface area (Å²) >= 11 is 5.66. The number of hydrogen-bond acceptors (Lipinski definition) is 4. The predicted molar refractivity (Wildman–Crippen MR) is 68.1 cm³/mol. The van der Waals surface area contributed by atoms with Gasteiger partial charge in [-0.1, -0.05) is 0 Å². The fraction of sp³-hybridized carbons (Fsp3) is 0.167. The van der Waals surface area contributed by atoms with E-state index in [0.29, 0.717) is 0 Å². The van der Waals surface area contributed by atoms with E-state index in [1.807, 2.05) is 0 Å². The third kappa shape index (κ3) is 2.51. The highest BCUT2D eigenvalue weighted by molar-refractivity contribution is 6.28. The van der Waals surface area contributed by atoms with E-state index in [-0.39, 0.29) is 11.1 Å². The van der Waals surface area contributed by atoms with Crippen LogP contribution in [0.1, 0.15) is 0 Å². The largest absolute Gasteiger partial charge is 0.497 e. The number of aromatic nitrogens is 2. The number of benzene rings is 1. The van der Waals surface area contributed by atoms with E-state index in [1.165, 1.54) is 0 Å². The van der Waals surface area contributed by atoms with Crippen LogP contribution in [-0.4, -0.2) is 24.1 Å². The third-order valence-electron chi connectivity index (χ3n) is 2.47. The Bertz CT molecular complexity index is 548. The van der Waals surface area contributed by atoms with Crippen LogP contribution >= 0.6 is 11.6 Å². The predicted octanol–water partition coefficient (Wildman–Crippen LogP) is 3.05. The van der Waals surface area contributed by atoms with Crippen molar-refractivity contribution in [2.45, 2.75) is 0 Å². The Morgan fingerprint density at radius 2 is 1.94 bits per heavy atom. The van der Waals surface area contributed by atoms with E-state index in [2.05, 4.69) is 9.97 Å². The molecule has 2 aromatic rings. The van der Waals surface area contributed by atoms with Crippen LogP contribution in [0.25, 0.3) is 0 Å². The van der Waals surface area contributed by atoms with Gasteiger partial charge in [0, 0.05) is 12.7 Å². The highest BCUT2D eigenvalue weighted by Gasteiger charge is 2.12. The number of anilines is 2. The van der Waals surface area contributed by atoms with Gasteiger partial charge in [0.25, 0.3) is 0 Å². The minimum absolute atomic E-state index is 0.00626. The molecule has 2 rings (SSSR count). The van der Waals surface area contributed by atoms with E-state index in [4.69, 9.17) is 16.3 Å². The second-order valence-electron chi connectivity index (χ2n) is 3.57. The van der Waals surface area contributed by atoms with Crippen molar-refractivity contribution in [3.63, 3.8) is 0 Å². The summed E-state index contributed by atoms with van der Waals surface area (Å²) in [5.41, 5.74) is 0.768. The molecule has 1 aromatic heterocycles. The lowest BCUT2D eigenvalue weighted by Gasteiger charge is -2.18. The zero-order valence-corrected chi connectivity index (χ0v) is 10.6. The third-order valence-corrected chi connectivity index (χ3v) is 2.66. The SMILES string of the molecule is COc1ccc(N(C)c2nc(Cl)ncc2F)cc1. The van der Waals surface area contributed by atoms with Crippen LogP contribution in [-0.2, 0) is 0 Å². The maximum Gasteiger partial charge on any atom is 0.224 e. The Balaban J connectivity index is 2.34. The monoisotopic (exact) mass is 267 g/mol. The van der Waals surface area contributed by atoms with E-state index in [0.717, 1.165) is 17.6 Å². The first-order chi connectivity index (χ1) is 8.61. The average molecular weight is 268 g/mol. The summed E-state index contributed by atoms with van der Waals surface area (Å²) in [6.07, 6.45) is 1.05. The smallest absolute Gasteiger partial charge is 0.224 e. The van der Waals surface area contributed by atoms with Crippen LogP contribution < -0.4 is 9.64 Å². The van der Waals surface area contributed by atoms with Gasteiger partial charge in [-0.25, -0.2) is 9.37 Å². The molecule has 0 bridgehead atoms. The highest BCUT2D eigenvalue weighted by atomic mass is 35.5. The van der Waals surface area contributed by atoms with Crippen molar-refractivity contribution in [2.24, 2.45) is 0 Å². The highest BCUT2D eigenvalue weighted by Crippen LogP contribution is 2.26. The van der Waals surface area contributed by atoms with Gasteiger partial charge >= 0.3 is 0 Å². The van der Waals surface area contributed by atoms with Gasteiger partial charge in [-0.15, -0.1) is 0 Å². The molecule has 0 fully saturated rings. The molecule has 0 amide bonds. The van der Waals surface area contributed by atoms with E-state index < -0.39 is 5.82 Å². The molecule has 0 atom stereocenters. The normalized spacial score (nSPS) is 10.2. The summed E-state index contributed by atoms with van der Waals surface area (Å²) in [5.74, 6) is 0.325. The molecule has 0 saturated carbocycles. The molecule has 0 spiro atoms. The summed E-state index contributed by atoms with van der Waals surface area (Å²) < 4.78 is 18.7. The van der Waals surface area contributed by atoms with Crippen LogP contribution in [0, 0.1) is 5.82 Å². The Morgan fingerprint density at radius 3 is 2.56 bits per heavy atom. The minimum atomic E-state index is -0.530. The Morgan fingerprint density at radius 1 is 1.28 bits per heavy atom. The Labute approximate surface area is 109 Å². The number of hydrogen-bond donors (Lipinski definition) is 0. The van der Waals surface area contributed by atoms with Gasteiger partial charge in [0.1, 0.15) is 5.75 Å². The van der Waals surface area contributed by atoms with Crippen molar-refractivity contribution in [3.05, 3.63) is 41.6 Å². The molecule has 0 N–H and O–H groups in total. The standard InChI is InChI=1S/C12H11ClFN3O/c1-17(8-3-5-9(18-2)6-4-8)11-10(14)7-15-12(13)16-11/h3-7H,1-2H3. The Hall–Kier alpha value is -1.88. The molecule has 0 radical (unpaired) electrons. The lowest BCUT2D eigenvalue weighted by Crippen LogP contribution is -2.13. The first kappa shape index (κ1) is 12.6. The number of methoxy groups -OCH3 is 1. The molecule has 0 aliphatic rings. The topological polar surface area (TPSA) is 38.2 Å². The van der Waals surface area contributed by atoms with Gasteiger partial charge in [-0.05, 0) is 35.9 Å². The number of nitrogens with zero attached hydrogens (tertiary/aromatic N) is 3. The van der Waals surface area contributed by atoms with E-state index in [1.54, 1.807) is 43.3 Å². The summed E-state index contributed by atoms with van der Waals surface area (Å²) in [7, 11) is 3.28. The van der Waals surface area contributed by atoms with Crippen molar-refractivity contribution in [1.29, 1.82) is 0 Å². The molecule has 94 valence electrons. The Kier molecular flexibility index (Phi) is 3.62. The maximum atomic E-state index is 13.6. The fourth-order valence-electron chi connectivity index (χ4n) is 1.50. The van der Waals surface area contributed by atoms with E-state index >= 15 is 0 Å². The van der Waals surface area contributed by atoms with Gasteiger partial charge in [-0.3, -0.25) is 0 Å². The molecule has 0 aliphatic carbocycles. The summed E-state index contributed by atoms with van der Waals surface area (Å²) in [5, 5.41) is 0.00626. The molecule has 1 aromatic carbocycles. The molecule has 1 heterocycles. The van der Waals surface area contributed by atoms with Crippen LogP contribution in [0.15, 0.2) is 30.5 Å². The lowest BCUT2D eigenvalue weighted by atomic mass is 10.3. The maximum absolute atomic E-state index is 13.6. The van der Waals surface area contributed by atoms with Gasteiger partial charge in [0.15, 0.2) is 11.6 Å². The minimum Gasteiger partial charge on any atom is -0.497 e. The fourth-order valence-corrected chi connectivity index (χ4v) is 1.63.